The van der Waals surface area contributed by atoms with E-state index in [2.05, 4.69) is 29.2 Å². The molecule has 5 rings (SSSR count). The first-order valence-electron chi connectivity index (χ1n) is 18.5. The lowest BCUT2D eigenvalue weighted by Crippen LogP contribution is -2.69. The Morgan fingerprint density at radius 2 is 1.68 bits per heavy atom. The first kappa shape index (κ1) is 40.6. The fourth-order valence-electron chi connectivity index (χ4n) is 7.71. The molecule has 3 heterocycles. The third-order valence-corrected chi connectivity index (χ3v) is 10.2. The predicted octanol–water partition coefficient (Wildman–Crippen LogP) is 3.86. The van der Waals surface area contributed by atoms with E-state index in [9.17, 15) is 32.3 Å². The Morgan fingerprint density at radius 1 is 1.00 bits per heavy atom. The summed E-state index contributed by atoms with van der Waals surface area (Å²) in [5, 5.41) is 15.9. The number of alkyl halides is 3. The topological polar surface area (TPSA) is 162 Å². The van der Waals surface area contributed by atoms with Crippen LogP contribution in [-0.2, 0) is 49.5 Å². The number of aliphatic hydroxyl groups excluding tert-OH is 1. The minimum Gasteiger partial charge on any atom is -0.458 e. The number of nitrogens with zero attached hydrogens (tertiary/aromatic N) is 1. The zero-order chi connectivity index (χ0) is 38.2. The van der Waals surface area contributed by atoms with Gasteiger partial charge in [0.05, 0.1) is 13.2 Å². The van der Waals surface area contributed by atoms with Crippen molar-refractivity contribution < 1.29 is 61.2 Å². The summed E-state index contributed by atoms with van der Waals surface area (Å²) in [6.07, 6.45) is 1.58. The molecule has 16 heteroatoms. The highest BCUT2D eigenvalue weighted by Crippen LogP contribution is 2.58. The second kappa shape index (κ2) is 17.7. The largest absolute Gasteiger partial charge is 0.458 e. The number of ether oxygens (including phenoxy) is 4. The first-order chi connectivity index (χ1) is 25.3. The van der Waals surface area contributed by atoms with Gasteiger partial charge >= 0.3 is 18.1 Å². The number of carbonyl (C=O) groups is 4. The van der Waals surface area contributed by atoms with Crippen molar-refractivity contribution in [2.45, 2.75) is 127 Å². The molecule has 0 spiro atoms. The Kier molecular flexibility index (Phi) is 13.6. The molecule has 0 aromatic heterocycles. The van der Waals surface area contributed by atoms with Crippen molar-refractivity contribution >= 4 is 29.8 Å². The molecule has 3 N–H and O–H groups in total. The van der Waals surface area contributed by atoms with Crippen LogP contribution in [0.25, 0.3) is 6.08 Å². The molecule has 4 aliphatic rings. The molecule has 2 unspecified atom stereocenters. The van der Waals surface area contributed by atoms with Gasteiger partial charge in [0.1, 0.15) is 29.8 Å². The molecular formula is C37H50F3N3O10. The standard InChI is InChI=1S/C37H50F3N3O10/c1-3-5-7-16-35(17-8-6-4-2)51-29-26-21-36(34(48)42-18-15-27(45)41-19-20-44)31(33(47)50-26)43(53-32(36)30(29)52-35)22-25-11-9-24(10-12-25)13-14-28(46)49-23-37(38,39)40/h9-14,26,29-32,44H,3-8,15-23H2,1-2H3,(H,41,45)(H,42,48)/t26?,29-,30-,31-,32+,36?/m0/s1. The number of rotatable bonds is 19. The Balaban J connectivity index is 1.39. The number of esters is 2. The van der Waals surface area contributed by atoms with E-state index >= 15 is 0 Å². The van der Waals surface area contributed by atoms with E-state index in [1.54, 1.807) is 24.3 Å². The number of hydrogen-bond acceptors (Lipinski definition) is 11. The van der Waals surface area contributed by atoms with Crippen LogP contribution in [0.4, 0.5) is 13.2 Å². The van der Waals surface area contributed by atoms with Crippen LogP contribution in [0.1, 0.15) is 89.2 Å². The smallest absolute Gasteiger partial charge is 0.422 e. The van der Waals surface area contributed by atoms with Gasteiger partial charge in [-0.2, -0.15) is 18.2 Å². The summed E-state index contributed by atoms with van der Waals surface area (Å²) in [4.78, 5) is 58.8. The zero-order valence-electron chi connectivity index (χ0n) is 30.2. The van der Waals surface area contributed by atoms with Gasteiger partial charge in [-0.15, -0.1) is 0 Å². The van der Waals surface area contributed by atoms with Gasteiger partial charge in [-0.25, -0.2) is 4.79 Å². The molecule has 2 bridgehead atoms. The van der Waals surface area contributed by atoms with Gasteiger partial charge in [-0.1, -0.05) is 63.8 Å². The second-order valence-corrected chi connectivity index (χ2v) is 14.1. The van der Waals surface area contributed by atoms with Gasteiger partial charge in [-0.05, 0) is 30.0 Å². The summed E-state index contributed by atoms with van der Waals surface area (Å²) in [6, 6.07) is 5.51. The Hall–Kier alpha value is -3.57. The number of amides is 2. The average molecular weight is 754 g/mol. The summed E-state index contributed by atoms with van der Waals surface area (Å²) in [7, 11) is 0. The van der Waals surface area contributed by atoms with Gasteiger partial charge in [0.15, 0.2) is 18.4 Å². The van der Waals surface area contributed by atoms with Crippen molar-refractivity contribution in [1.82, 2.24) is 15.7 Å². The number of fused-ring (bicyclic) bond motifs is 4. The maximum atomic E-state index is 14.4. The molecule has 2 amide bonds. The number of carbonyl (C=O) groups excluding carboxylic acids is 4. The monoisotopic (exact) mass is 753 g/mol. The van der Waals surface area contributed by atoms with Crippen LogP contribution in [0, 0.1) is 5.41 Å². The van der Waals surface area contributed by atoms with Crippen LogP contribution >= 0.6 is 0 Å². The molecule has 0 radical (unpaired) electrons. The minimum atomic E-state index is -4.63. The lowest BCUT2D eigenvalue weighted by Gasteiger charge is -2.48. The van der Waals surface area contributed by atoms with Crippen molar-refractivity contribution in [3.8, 4) is 0 Å². The van der Waals surface area contributed by atoms with Crippen LogP contribution in [-0.4, -0.2) is 103 Å². The molecule has 1 aliphatic carbocycles. The van der Waals surface area contributed by atoms with Crippen LogP contribution in [0.3, 0.4) is 0 Å². The van der Waals surface area contributed by atoms with E-state index in [-0.39, 0.29) is 45.0 Å². The van der Waals surface area contributed by atoms with E-state index < -0.39 is 72.3 Å². The van der Waals surface area contributed by atoms with Gasteiger partial charge in [0.2, 0.25) is 11.8 Å². The fraction of sp³-hybridized carbons (Fsp3) is 0.676. The predicted molar refractivity (Wildman–Crippen MR) is 182 cm³/mol. The van der Waals surface area contributed by atoms with E-state index in [0.717, 1.165) is 44.6 Å². The lowest BCUT2D eigenvalue weighted by molar-refractivity contribution is -0.224. The molecule has 6 atom stereocenters. The van der Waals surface area contributed by atoms with Gasteiger partial charge < -0.3 is 34.7 Å². The molecule has 1 aromatic rings. The number of benzene rings is 1. The summed E-state index contributed by atoms with van der Waals surface area (Å²) in [5.74, 6) is -3.54. The van der Waals surface area contributed by atoms with E-state index in [1.165, 1.54) is 11.1 Å². The SMILES string of the molecule is CCCCCC1(CCCCC)O[C@@H]2[C@H]3ON(Cc4ccc(C=CC(=O)OCC(F)(F)F)cc4)[C@H]4C(=O)OC(CC34C(=O)NCCC(=O)NCCO)[C@@H]2O1. The molecule has 1 aromatic carbocycles. The summed E-state index contributed by atoms with van der Waals surface area (Å²) in [6.45, 7) is 2.45. The number of unbranched alkanes of at least 4 members (excludes halogenated alkanes) is 4. The molecule has 53 heavy (non-hydrogen) atoms. The quantitative estimate of drug-likeness (QED) is 0.107. The Morgan fingerprint density at radius 3 is 2.32 bits per heavy atom. The zero-order valence-corrected chi connectivity index (χ0v) is 30.2. The number of halogens is 3. The number of hydroxylamine groups is 2. The van der Waals surface area contributed by atoms with Gasteiger partial charge in [-0.3, -0.25) is 19.2 Å². The molecule has 4 fully saturated rings. The first-order valence-corrected chi connectivity index (χ1v) is 18.5. The maximum Gasteiger partial charge on any atom is 0.422 e. The molecule has 1 saturated carbocycles. The third kappa shape index (κ3) is 9.57. The summed E-state index contributed by atoms with van der Waals surface area (Å²) >= 11 is 0. The molecule has 3 aliphatic heterocycles. The summed E-state index contributed by atoms with van der Waals surface area (Å²) < 4.78 is 60.9. The Bertz CT molecular complexity index is 1460. The maximum absolute atomic E-state index is 14.4. The molecule has 294 valence electrons. The fourth-order valence-corrected chi connectivity index (χ4v) is 7.71. The van der Waals surface area contributed by atoms with Gasteiger partial charge in [0.25, 0.3) is 0 Å². The van der Waals surface area contributed by atoms with E-state index in [0.29, 0.717) is 24.0 Å². The van der Waals surface area contributed by atoms with Crippen molar-refractivity contribution in [2.24, 2.45) is 5.41 Å². The molecule has 3 saturated heterocycles. The third-order valence-electron chi connectivity index (χ3n) is 10.2. The lowest BCUT2D eigenvalue weighted by atomic mass is 9.62. The number of aliphatic hydroxyl groups is 1. The average Bonchev–Trinajstić information content (AvgIpc) is 3.68. The van der Waals surface area contributed by atoms with Crippen molar-refractivity contribution in [1.29, 1.82) is 0 Å². The van der Waals surface area contributed by atoms with Gasteiger partial charge in [0, 0.05) is 44.8 Å². The molecule has 13 nitrogen and oxygen atoms in total. The summed E-state index contributed by atoms with van der Waals surface area (Å²) in [5.41, 5.74) is -0.261. The van der Waals surface area contributed by atoms with Crippen LogP contribution < -0.4 is 10.6 Å². The number of hydrogen-bond donors (Lipinski definition) is 3. The Labute approximate surface area is 306 Å². The van der Waals surface area contributed by atoms with Crippen LogP contribution in [0.2, 0.25) is 0 Å². The highest BCUT2D eigenvalue weighted by atomic mass is 19.4. The highest BCUT2D eigenvalue weighted by molar-refractivity contribution is 5.94. The van der Waals surface area contributed by atoms with Crippen molar-refractivity contribution in [3.05, 3.63) is 41.5 Å². The number of nitrogens with one attached hydrogen (secondary N) is 2. The van der Waals surface area contributed by atoms with Crippen molar-refractivity contribution in [2.75, 3.05) is 26.3 Å². The second-order valence-electron chi connectivity index (χ2n) is 14.1. The van der Waals surface area contributed by atoms with Crippen LogP contribution in [0.15, 0.2) is 30.3 Å². The van der Waals surface area contributed by atoms with E-state index in [4.69, 9.17) is 24.2 Å². The minimum absolute atomic E-state index is 0.0147. The van der Waals surface area contributed by atoms with Crippen LogP contribution in [0.5, 0.6) is 0 Å². The van der Waals surface area contributed by atoms with E-state index in [1.807, 2.05) is 0 Å². The normalized spacial score (nSPS) is 27.4. The highest BCUT2D eigenvalue weighted by Gasteiger charge is 2.76. The molecular weight excluding hydrogens is 703 g/mol. The van der Waals surface area contributed by atoms with Crippen molar-refractivity contribution in [3.63, 3.8) is 0 Å².